The van der Waals surface area contributed by atoms with E-state index in [4.69, 9.17) is 9.47 Å². The Labute approximate surface area is 78.6 Å². The summed E-state index contributed by atoms with van der Waals surface area (Å²) in [6.07, 6.45) is 0.378. The van der Waals surface area contributed by atoms with Gasteiger partial charge < -0.3 is 14.8 Å². The van der Waals surface area contributed by atoms with Crippen molar-refractivity contribution in [3.05, 3.63) is 0 Å². The van der Waals surface area contributed by atoms with E-state index in [0.29, 0.717) is 13.2 Å². The Morgan fingerprint density at radius 1 is 1.54 bits per heavy atom. The van der Waals surface area contributed by atoms with Gasteiger partial charge in [-0.25, -0.2) is 4.79 Å². The summed E-state index contributed by atoms with van der Waals surface area (Å²) in [7, 11) is 0. The van der Waals surface area contributed by atoms with E-state index in [2.05, 4.69) is 5.32 Å². The number of nitrogens with one attached hydrogen (secondary N) is 1. The molecule has 0 spiro atoms. The van der Waals surface area contributed by atoms with Gasteiger partial charge in [-0.2, -0.15) is 0 Å². The van der Waals surface area contributed by atoms with Gasteiger partial charge in [0.1, 0.15) is 6.10 Å². The topological polar surface area (TPSA) is 47.6 Å². The number of amides is 1. The lowest BCUT2D eigenvalue weighted by Gasteiger charge is -2.21. The van der Waals surface area contributed by atoms with Crippen LogP contribution in [0.1, 0.15) is 27.2 Å². The highest BCUT2D eigenvalue weighted by Gasteiger charge is 2.22. The van der Waals surface area contributed by atoms with Crippen LogP contribution in [-0.4, -0.2) is 30.9 Å². The molecule has 1 rings (SSSR count). The van der Waals surface area contributed by atoms with Crippen LogP contribution in [0, 0.1) is 0 Å². The zero-order chi connectivity index (χ0) is 9.90. The minimum absolute atomic E-state index is 0.0673. The fourth-order valence-corrected chi connectivity index (χ4v) is 1.09. The smallest absolute Gasteiger partial charge is 0.407 e. The number of rotatable bonds is 1. The quantitative estimate of drug-likeness (QED) is 0.673. The van der Waals surface area contributed by atoms with Gasteiger partial charge in [0.15, 0.2) is 0 Å². The molecule has 1 amide bonds. The Kier molecular flexibility index (Phi) is 3.14. The van der Waals surface area contributed by atoms with E-state index in [0.717, 1.165) is 6.42 Å². The predicted octanol–water partition coefficient (Wildman–Crippen LogP) is 1.30. The molecule has 0 bridgehead atoms. The van der Waals surface area contributed by atoms with Crippen LogP contribution in [0.3, 0.4) is 0 Å². The fraction of sp³-hybridized carbons (Fsp3) is 0.889. The van der Waals surface area contributed by atoms with Crippen LogP contribution in [-0.2, 0) is 9.47 Å². The number of alkyl carbamates (subject to hydrolysis) is 1. The van der Waals surface area contributed by atoms with E-state index in [1.165, 1.54) is 0 Å². The maximum atomic E-state index is 11.2. The van der Waals surface area contributed by atoms with Crippen molar-refractivity contribution in [2.45, 2.75) is 38.8 Å². The molecule has 1 aliphatic heterocycles. The molecule has 1 saturated heterocycles. The van der Waals surface area contributed by atoms with Crippen LogP contribution in [0.15, 0.2) is 0 Å². The highest BCUT2D eigenvalue weighted by atomic mass is 16.6. The van der Waals surface area contributed by atoms with Crippen LogP contribution < -0.4 is 5.32 Å². The van der Waals surface area contributed by atoms with Gasteiger partial charge in [0, 0.05) is 12.0 Å². The summed E-state index contributed by atoms with van der Waals surface area (Å²) in [5, 5.41) is 2.73. The van der Waals surface area contributed by atoms with Gasteiger partial charge in [0.2, 0.25) is 0 Å². The Balaban J connectivity index is 2.24. The summed E-state index contributed by atoms with van der Waals surface area (Å²) in [6.45, 7) is 6.96. The molecular weight excluding hydrogens is 170 g/mol. The highest BCUT2D eigenvalue weighted by Crippen LogP contribution is 2.09. The second-order valence-electron chi connectivity index (χ2n) is 4.27. The lowest BCUT2D eigenvalue weighted by molar-refractivity contribution is 0.0783. The lowest BCUT2D eigenvalue weighted by Crippen LogP contribution is -2.42. The number of hydrogen-bond donors (Lipinski definition) is 1. The van der Waals surface area contributed by atoms with Crippen LogP contribution in [0.25, 0.3) is 0 Å². The van der Waals surface area contributed by atoms with Gasteiger partial charge in [-0.1, -0.05) is 0 Å². The second-order valence-corrected chi connectivity index (χ2v) is 4.27. The third-order valence-corrected chi connectivity index (χ3v) is 1.64. The molecule has 0 radical (unpaired) electrons. The van der Waals surface area contributed by atoms with Crippen LogP contribution in [0.4, 0.5) is 4.79 Å². The predicted molar refractivity (Wildman–Crippen MR) is 48.6 cm³/mol. The van der Waals surface area contributed by atoms with Crippen molar-refractivity contribution in [1.82, 2.24) is 5.32 Å². The van der Waals surface area contributed by atoms with Crippen LogP contribution in [0.5, 0.6) is 0 Å². The zero-order valence-electron chi connectivity index (χ0n) is 8.42. The van der Waals surface area contributed by atoms with Gasteiger partial charge in [-0.3, -0.25) is 0 Å². The minimum atomic E-state index is -0.358. The van der Waals surface area contributed by atoms with Gasteiger partial charge in [-0.15, -0.1) is 0 Å². The number of carbonyl (C=O) groups is 1. The van der Waals surface area contributed by atoms with Gasteiger partial charge >= 0.3 is 6.09 Å². The molecule has 1 fully saturated rings. The van der Waals surface area contributed by atoms with Crippen LogP contribution >= 0.6 is 0 Å². The number of carbonyl (C=O) groups excluding carboxylic acids is 1. The van der Waals surface area contributed by atoms with Crippen molar-refractivity contribution in [1.29, 1.82) is 0 Å². The molecule has 4 nitrogen and oxygen atoms in total. The Morgan fingerprint density at radius 3 is 2.69 bits per heavy atom. The van der Waals surface area contributed by atoms with Gasteiger partial charge in [0.05, 0.1) is 13.2 Å². The fourth-order valence-electron chi connectivity index (χ4n) is 1.09. The van der Waals surface area contributed by atoms with E-state index in [1.54, 1.807) is 0 Å². The molecule has 1 heterocycles. The highest BCUT2D eigenvalue weighted by molar-refractivity contribution is 5.68. The average molecular weight is 187 g/mol. The zero-order valence-corrected chi connectivity index (χ0v) is 8.42. The first kappa shape index (κ1) is 10.3. The molecule has 1 N–H and O–H groups in total. The summed E-state index contributed by atoms with van der Waals surface area (Å²) in [5.41, 5.74) is -0.240. The SMILES string of the molecule is CC(C)(C)NC(=O)O[C@H]1CCOC1. The number of hydrogen-bond acceptors (Lipinski definition) is 3. The van der Waals surface area contributed by atoms with E-state index in [1.807, 2.05) is 20.8 Å². The average Bonchev–Trinajstić information content (AvgIpc) is 2.34. The standard InChI is InChI=1S/C9H17NO3/c1-9(2,3)10-8(11)13-7-4-5-12-6-7/h7H,4-6H2,1-3H3,(H,10,11)/t7-/m0/s1. The summed E-state index contributed by atoms with van der Waals surface area (Å²) in [4.78, 5) is 11.2. The molecule has 0 aromatic rings. The third kappa shape index (κ3) is 4.12. The van der Waals surface area contributed by atoms with Crippen LogP contribution in [0.2, 0.25) is 0 Å². The molecule has 0 saturated carbocycles. The molecule has 76 valence electrons. The van der Waals surface area contributed by atoms with Crippen molar-refractivity contribution < 1.29 is 14.3 Å². The van der Waals surface area contributed by atoms with Crippen molar-refractivity contribution in [2.24, 2.45) is 0 Å². The van der Waals surface area contributed by atoms with E-state index in [9.17, 15) is 4.79 Å². The first-order valence-electron chi connectivity index (χ1n) is 4.54. The molecule has 1 atom stereocenters. The molecule has 4 heteroatoms. The molecule has 1 aliphatic rings. The summed E-state index contributed by atoms with van der Waals surface area (Å²) < 4.78 is 10.2. The largest absolute Gasteiger partial charge is 0.444 e. The Hall–Kier alpha value is -0.770. The van der Waals surface area contributed by atoms with Crippen molar-refractivity contribution >= 4 is 6.09 Å². The van der Waals surface area contributed by atoms with E-state index in [-0.39, 0.29) is 17.7 Å². The van der Waals surface area contributed by atoms with Crippen molar-refractivity contribution in [3.8, 4) is 0 Å². The molecular formula is C9H17NO3. The second kappa shape index (κ2) is 3.96. The van der Waals surface area contributed by atoms with Gasteiger partial charge in [0.25, 0.3) is 0 Å². The maximum Gasteiger partial charge on any atom is 0.407 e. The molecule has 0 aromatic carbocycles. The number of ether oxygens (including phenoxy) is 2. The van der Waals surface area contributed by atoms with Crippen molar-refractivity contribution in [3.63, 3.8) is 0 Å². The normalized spacial score (nSPS) is 22.8. The molecule has 0 aromatic heterocycles. The van der Waals surface area contributed by atoms with E-state index < -0.39 is 0 Å². The summed E-state index contributed by atoms with van der Waals surface area (Å²) in [5.74, 6) is 0. The molecule has 0 unspecified atom stereocenters. The summed E-state index contributed by atoms with van der Waals surface area (Å²) >= 11 is 0. The Bertz CT molecular complexity index is 180. The minimum Gasteiger partial charge on any atom is -0.444 e. The maximum absolute atomic E-state index is 11.2. The van der Waals surface area contributed by atoms with Gasteiger partial charge in [-0.05, 0) is 20.8 Å². The summed E-state index contributed by atoms with van der Waals surface area (Å²) in [6, 6.07) is 0. The first-order chi connectivity index (χ1) is 5.97. The molecule has 13 heavy (non-hydrogen) atoms. The Morgan fingerprint density at radius 2 is 2.23 bits per heavy atom. The first-order valence-corrected chi connectivity index (χ1v) is 4.54. The monoisotopic (exact) mass is 187 g/mol. The molecule has 0 aliphatic carbocycles. The van der Waals surface area contributed by atoms with E-state index >= 15 is 0 Å². The lowest BCUT2D eigenvalue weighted by atomic mass is 10.1. The third-order valence-electron chi connectivity index (χ3n) is 1.64. The van der Waals surface area contributed by atoms with Crippen molar-refractivity contribution in [2.75, 3.05) is 13.2 Å².